The molecule has 1 aromatic heterocycles. The van der Waals surface area contributed by atoms with E-state index in [-0.39, 0.29) is 16.9 Å². The van der Waals surface area contributed by atoms with E-state index in [2.05, 4.69) is 10.1 Å². The number of carbonyl (C=O) groups is 2. The summed E-state index contributed by atoms with van der Waals surface area (Å²) in [6, 6.07) is 13.6. The van der Waals surface area contributed by atoms with Gasteiger partial charge in [-0.15, -0.1) is 0 Å². The lowest BCUT2D eigenvalue weighted by molar-refractivity contribution is 0.0695. The van der Waals surface area contributed by atoms with Gasteiger partial charge in [0, 0.05) is 19.0 Å². The van der Waals surface area contributed by atoms with Gasteiger partial charge in [0.15, 0.2) is 5.82 Å². The Labute approximate surface area is 169 Å². The Morgan fingerprint density at radius 1 is 1.07 bits per heavy atom. The first-order valence-corrected chi connectivity index (χ1v) is 9.18. The Balaban J connectivity index is 1.84. The molecule has 0 atom stereocenters. The standard InChI is InChI=1S/C22H23N3O4/c1-22(2,3)21-23-18(29-24-21)16-7-5-6-8-17(16)19(26)25(4)13-14-9-11-15(12-10-14)20(27)28/h5-12H,13H2,1-4H3,(H,27,28). The molecule has 0 fully saturated rings. The highest BCUT2D eigenvalue weighted by Gasteiger charge is 2.24. The molecule has 7 nitrogen and oxygen atoms in total. The van der Waals surface area contributed by atoms with Gasteiger partial charge in [-0.05, 0) is 29.8 Å². The smallest absolute Gasteiger partial charge is 0.335 e. The average Bonchev–Trinajstić information content (AvgIpc) is 3.18. The maximum atomic E-state index is 13.1. The number of carboxylic acid groups (broad SMARTS) is 1. The van der Waals surface area contributed by atoms with Gasteiger partial charge in [-0.2, -0.15) is 4.98 Å². The second kappa shape index (κ2) is 7.87. The van der Waals surface area contributed by atoms with Crippen molar-refractivity contribution in [2.24, 2.45) is 0 Å². The van der Waals surface area contributed by atoms with Crippen molar-refractivity contribution < 1.29 is 19.2 Å². The second-order valence-corrected chi connectivity index (χ2v) is 7.88. The molecule has 1 amide bonds. The molecule has 0 unspecified atom stereocenters. The van der Waals surface area contributed by atoms with Crippen LogP contribution in [-0.4, -0.2) is 39.1 Å². The largest absolute Gasteiger partial charge is 0.478 e. The average molecular weight is 393 g/mol. The van der Waals surface area contributed by atoms with Crippen molar-refractivity contribution in [2.45, 2.75) is 32.7 Å². The number of carbonyl (C=O) groups excluding carboxylic acids is 1. The van der Waals surface area contributed by atoms with Gasteiger partial charge in [-0.1, -0.05) is 50.2 Å². The van der Waals surface area contributed by atoms with E-state index in [9.17, 15) is 9.59 Å². The molecule has 3 rings (SSSR count). The van der Waals surface area contributed by atoms with Crippen LogP contribution < -0.4 is 0 Å². The zero-order valence-corrected chi connectivity index (χ0v) is 16.8. The van der Waals surface area contributed by atoms with Crippen LogP contribution in [0.15, 0.2) is 53.1 Å². The van der Waals surface area contributed by atoms with Crippen molar-refractivity contribution >= 4 is 11.9 Å². The third-order valence-corrected chi connectivity index (χ3v) is 4.45. The van der Waals surface area contributed by atoms with E-state index >= 15 is 0 Å². The number of carboxylic acids is 1. The van der Waals surface area contributed by atoms with Crippen molar-refractivity contribution in [2.75, 3.05) is 7.05 Å². The van der Waals surface area contributed by atoms with Gasteiger partial charge in [0.1, 0.15) is 0 Å². The molecule has 0 saturated carbocycles. The third-order valence-electron chi connectivity index (χ3n) is 4.45. The van der Waals surface area contributed by atoms with Crippen LogP contribution in [0.3, 0.4) is 0 Å². The third kappa shape index (κ3) is 4.51. The number of nitrogens with zero attached hydrogens (tertiary/aromatic N) is 3. The first kappa shape index (κ1) is 20.3. The quantitative estimate of drug-likeness (QED) is 0.704. The lowest BCUT2D eigenvalue weighted by Gasteiger charge is -2.18. The van der Waals surface area contributed by atoms with Crippen LogP contribution >= 0.6 is 0 Å². The topological polar surface area (TPSA) is 96.5 Å². The lowest BCUT2D eigenvalue weighted by atomic mass is 9.96. The second-order valence-electron chi connectivity index (χ2n) is 7.88. The summed E-state index contributed by atoms with van der Waals surface area (Å²) in [4.78, 5) is 30.1. The van der Waals surface area contributed by atoms with E-state index in [1.165, 1.54) is 12.1 Å². The molecule has 0 bridgehead atoms. The maximum Gasteiger partial charge on any atom is 0.335 e. The fourth-order valence-electron chi connectivity index (χ4n) is 2.80. The van der Waals surface area contributed by atoms with Crippen molar-refractivity contribution in [3.8, 4) is 11.5 Å². The number of rotatable bonds is 5. The van der Waals surface area contributed by atoms with Crippen molar-refractivity contribution in [1.29, 1.82) is 0 Å². The van der Waals surface area contributed by atoms with Crippen LogP contribution in [0.4, 0.5) is 0 Å². The summed E-state index contributed by atoms with van der Waals surface area (Å²) < 4.78 is 5.41. The predicted octanol–water partition coefficient (Wildman–Crippen LogP) is 4.00. The first-order chi connectivity index (χ1) is 13.7. The van der Waals surface area contributed by atoms with E-state index in [0.717, 1.165) is 5.56 Å². The molecule has 0 aliphatic heterocycles. The summed E-state index contributed by atoms with van der Waals surface area (Å²) in [6.45, 7) is 6.30. The van der Waals surface area contributed by atoms with Gasteiger partial charge >= 0.3 is 5.97 Å². The van der Waals surface area contributed by atoms with Gasteiger partial charge < -0.3 is 14.5 Å². The zero-order valence-electron chi connectivity index (χ0n) is 16.8. The Morgan fingerprint density at radius 3 is 2.31 bits per heavy atom. The number of amides is 1. The molecule has 0 spiro atoms. The maximum absolute atomic E-state index is 13.1. The molecule has 0 radical (unpaired) electrons. The number of hydrogen-bond donors (Lipinski definition) is 1. The zero-order chi connectivity index (χ0) is 21.2. The summed E-state index contributed by atoms with van der Waals surface area (Å²) in [6.07, 6.45) is 0. The fraction of sp³-hybridized carbons (Fsp3) is 0.273. The molecular formula is C22H23N3O4. The van der Waals surface area contributed by atoms with Gasteiger partial charge in [-0.25, -0.2) is 4.79 Å². The molecule has 0 aliphatic carbocycles. The number of benzene rings is 2. The van der Waals surface area contributed by atoms with E-state index in [1.807, 2.05) is 26.8 Å². The highest BCUT2D eigenvalue weighted by Crippen LogP contribution is 2.27. The van der Waals surface area contributed by atoms with Crippen LogP contribution in [0.1, 0.15) is 52.9 Å². The summed E-state index contributed by atoms with van der Waals surface area (Å²) in [7, 11) is 1.69. The van der Waals surface area contributed by atoms with Crippen LogP contribution in [0, 0.1) is 0 Å². The molecule has 150 valence electrons. The molecule has 1 heterocycles. The Kier molecular flexibility index (Phi) is 5.50. The highest BCUT2D eigenvalue weighted by molar-refractivity contribution is 5.99. The number of aromatic carboxylic acids is 1. The van der Waals surface area contributed by atoms with E-state index in [1.54, 1.807) is 42.3 Å². The van der Waals surface area contributed by atoms with Crippen LogP contribution in [-0.2, 0) is 12.0 Å². The summed E-state index contributed by atoms with van der Waals surface area (Å²) in [5.74, 6) is -0.303. The van der Waals surface area contributed by atoms with Gasteiger partial charge in [-0.3, -0.25) is 4.79 Å². The summed E-state index contributed by atoms with van der Waals surface area (Å²) in [5.41, 5.74) is 1.81. The molecule has 1 N–H and O–H groups in total. The van der Waals surface area contributed by atoms with Gasteiger partial charge in [0.25, 0.3) is 11.8 Å². The molecule has 3 aromatic rings. The lowest BCUT2D eigenvalue weighted by Crippen LogP contribution is -2.26. The Bertz CT molecular complexity index is 1030. The van der Waals surface area contributed by atoms with Gasteiger partial charge in [0.05, 0.1) is 16.7 Å². The number of hydrogen-bond acceptors (Lipinski definition) is 5. The van der Waals surface area contributed by atoms with E-state index < -0.39 is 5.97 Å². The molecular weight excluding hydrogens is 370 g/mol. The van der Waals surface area contributed by atoms with E-state index in [0.29, 0.717) is 29.4 Å². The van der Waals surface area contributed by atoms with Crippen molar-refractivity contribution in [3.63, 3.8) is 0 Å². The number of aromatic nitrogens is 2. The molecule has 7 heteroatoms. The predicted molar refractivity (Wildman–Crippen MR) is 108 cm³/mol. The summed E-state index contributed by atoms with van der Waals surface area (Å²) >= 11 is 0. The normalized spacial score (nSPS) is 11.3. The SMILES string of the molecule is CN(Cc1ccc(C(=O)O)cc1)C(=O)c1ccccc1-c1nc(C(C)(C)C)no1. The van der Waals surface area contributed by atoms with Crippen LogP contribution in [0.5, 0.6) is 0 Å². The Morgan fingerprint density at radius 2 is 1.72 bits per heavy atom. The van der Waals surface area contributed by atoms with Crippen molar-refractivity contribution in [1.82, 2.24) is 15.0 Å². The van der Waals surface area contributed by atoms with Crippen LogP contribution in [0.2, 0.25) is 0 Å². The first-order valence-electron chi connectivity index (χ1n) is 9.18. The minimum Gasteiger partial charge on any atom is -0.478 e. The minimum absolute atomic E-state index is 0.196. The van der Waals surface area contributed by atoms with Gasteiger partial charge in [0.2, 0.25) is 0 Å². The molecule has 0 saturated heterocycles. The summed E-state index contributed by atoms with van der Waals surface area (Å²) in [5, 5.41) is 13.0. The fourth-order valence-corrected chi connectivity index (χ4v) is 2.80. The van der Waals surface area contributed by atoms with Crippen LogP contribution in [0.25, 0.3) is 11.5 Å². The van der Waals surface area contributed by atoms with E-state index in [4.69, 9.17) is 9.63 Å². The highest BCUT2D eigenvalue weighted by atomic mass is 16.5. The molecule has 2 aromatic carbocycles. The monoisotopic (exact) mass is 393 g/mol. The molecule has 0 aliphatic rings. The Hall–Kier alpha value is -3.48. The van der Waals surface area contributed by atoms with Crippen molar-refractivity contribution in [3.05, 3.63) is 71.0 Å². The molecule has 29 heavy (non-hydrogen) atoms. The minimum atomic E-state index is -0.982.